The normalized spacial score (nSPS) is 21.2. The van der Waals surface area contributed by atoms with E-state index in [9.17, 15) is 37.2 Å². The van der Waals surface area contributed by atoms with Crippen molar-refractivity contribution in [2.45, 2.75) is 95.9 Å². The summed E-state index contributed by atoms with van der Waals surface area (Å²) in [5.41, 5.74) is 2.50. The van der Waals surface area contributed by atoms with Crippen LogP contribution in [0, 0.1) is 18.8 Å². The molecule has 8 N–H and O–H groups in total. The van der Waals surface area contributed by atoms with Crippen molar-refractivity contribution in [2.24, 2.45) is 17.0 Å². The number of H-pyrrole nitrogens is 1. The monoisotopic (exact) mass is 886 g/mol. The van der Waals surface area contributed by atoms with Crippen LogP contribution in [0.25, 0.3) is 10.9 Å². The number of carbonyl (C=O) groups is 6. The van der Waals surface area contributed by atoms with Gasteiger partial charge < -0.3 is 41.2 Å². The largest absolute Gasteiger partial charge is 0.497 e. The molecule has 5 atom stereocenters. The lowest BCUT2D eigenvalue weighted by Gasteiger charge is -2.32. The van der Waals surface area contributed by atoms with Crippen LogP contribution in [0.1, 0.15) is 68.1 Å². The molecule has 4 aromatic rings. The Balaban J connectivity index is 1.59. The molecule has 6 amide bonds. The maximum Gasteiger partial charge on any atom is 0.254 e. The van der Waals surface area contributed by atoms with Crippen molar-refractivity contribution in [3.05, 3.63) is 95.2 Å². The van der Waals surface area contributed by atoms with Crippen molar-refractivity contribution in [2.75, 3.05) is 20.2 Å². The number of rotatable bonds is 10. The predicted octanol–water partition coefficient (Wildman–Crippen LogP) is 2.22. The van der Waals surface area contributed by atoms with Crippen LogP contribution < -0.4 is 36.5 Å². The number of aryl methyl sites for hydroxylation is 1. The highest BCUT2D eigenvalue weighted by Crippen LogP contribution is 2.21. The highest BCUT2D eigenvalue weighted by molar-refractivity contribution is 7.89. The lowest BCUT2D eigenvalue weighted by molar-refractivity contribution is -0.135. The second-order valence-electron chi connectivity index (χ2n) is 16.8. The van der Waals surface area contributed by atoms with Gasteiger partial charge in [-0.2, -0.15) is 0 Å². The van der Waals surface area contributed by atoms with Crippen molar-refractivity contribution in [1.82, 2.24) is 36.5 Å². The van der Waals surface area contributed by atoms with Gasteiger partial charge in [-0.15, -0.1) is 0 Å². The third kappa shape index (κ3) is 12.7. The third-order valence-corrected chi connectivity index (χ3v) is 11.9. The first kappa shape index (κ1) is 47.8. The average molecular weight is 887 g/mol. The van der Waals surface area contributed by atoms with E-state index >= 15 is 0 Å². The number of nitrogens with one attached hydrogen (secondary N) is 6. The Morgan fingerprint density at radius 3 is 2.10 bits per heavy atom. The highest BCUT2D eigenvalue weighted by atomic mass is 32.2. The summed E-state index contributed by atoms with van der Waals surface area (Å²) < 4.78 is 30.0. The van der Waals surface area contributed by atoms with E-state index in [-0.39, 0.29) is 48.1 Å². The van der Waals surface area contributed by atoms with Gasteiger partial charge >= 0.3 is 0 Å². The van der Waals surface area contributed by atoms with Gasteiger partial charge in [-0.1, -0.05) is 64.1 Å². The van der Waals surface area contributed by atoms with Gasteiger partial charge in [0.1, 0.15) is 29.9 Å². The second kappa shape index (κ2) is 20.7. The number of sulfonamides is 1. The number of amides is 6. The summed E-state index contributed by atoms with van der Waals surface area (Å²) in [6.07, 6.45) is 1.89. The molecule has 0 radical (unpaired) electrons. The van der Waals surface area contributed by atoms with E-state index in [0.29, 0.717) is 22.4 Å². The zero-order valence-corrected chi connectivity index (χ0v) is 37.4. The fraction of sp³-hybridized carbons (Fsp3) is 0.422. The number of hydrogen-bond acceptors (Lipinski definition) is 9. The Morgan fingerprint density at radius 1 is 0.810 bits per heavy atom. The van der Waals surface area contributed by atoms with Gasteiger partial charge in [0.15, 0.2) is 0 Å². The number of aromatic amines is 1. The molecule has 0 spiro atoms. The first-order valence-electron chi connectivity index (χ1n) is 20.9. The van der Waals surface area contributed by atoms with Crippen LogP contribution in [0.2, 0.25) is 0 Å². The fourth-order valence-corrected chi connectivity index (χ4v) is 7.88. The molecule has 338 valence electrons. The molecule has 5 rings (SSSR count). The van der Waals surface area contributed by atoms with Crippen LogP contribution in [0.15, 0.2) is 77.8 Å². The summed E-state index contributed by atoms with van der Waals surface area (Å²) in [5, 5.41) is 20.3. The van der Waals surface area contributed by atoms with Crippen molar-refractivity contribution in [3.63, 3.8) is 0 Å². The Labute approximate surface area is 367 Å². The lowest BCUT2D eigenvalue weighted by atomic mass is 9.99. The van der Waals surface area contributed by atoms with Crippen molar-refractivity contribution >= 4 is 56.4 Å². The lowest BCUT2D eigenvalue weighted by Crippen LogP contribution is -2.60. The maximum absolute atomic E-state index is 14.5. The minimum absolute atomic E-state index is 0.0217. The molecule has 1 aliphatic heterocycles. The first-order valence-corrected chi connectivity index (χ1v) is 22.4. The van der Waals surface area contributed by atoms with Crippen molar-refractivity contribution in [3.8, 4) is 5.75 Å². The van der Waals surface area contributed by atoms with E-state index in [2.05, 4.69) is 31.6 Å². The Hall–Kier alpha value is -6.27. The van der Waals surface area contributed by atoms with Crippen molar-refractivity contribution < 1.29 is 41.9 Å². The van der Waals surface area contributed by atoms with Crippen molar-refractivity contribution in [1.29, 1.82) is 0 Å². The average Bonchev–Trinajstić information content (AvgIpc) is 3.63. The summed E-state index contributed by atoms with van der Waals surface area (Å²) in [7, 11) is -2.70. The molecule has 0 saturated carbocycles. The van der Waals surface area contributed by atoms with E-state index in [1.54, 1.807) is 51.2 Å². The van der Waals surface area contributed by atoms with Crippen LogP contribution >= 0.6 is 0 Å². The number of para-hydroxylation sites is 1. The highest BCUT2D eigenvalue weighted by Gasteiger charge is 2.34. The summed E-state index contributed by atoms with van der Waals surface area (Å²) in [6.45, 7) is 9.55. The van der Waals surface area contributed by atoms with Gasteiger partial charge in [-0.05, 0) is 79.1 Å². The minimum Gasteiger partial charge on any atom is -0.497 e. The van der Waals surface area contributed by atoms with Crippen LogP contribution in [0.4, 0.5) is 0 Å². The SMILES string of the molecule is COc1ccc(C[C@@H]2NC(=O)[C@H](CC(C)C)NC(=O)[C@@H](Cc3c[nH]c4ccccc34)NC(=O)CN(C(=O)c3cc(S(N)(=O)=O)ccc3C)C[C@H](C(C)C)NC(=O)[C@@H](C)NC2=O)cc1. The Bertz CT molecular complexity index is 2430. The first-order chi connectivity index (χ1) is 29.7. The maximum atomic E-state index is 14.5. The van der Waals surface area contributed by atoms with Crippen LogP contribution in [-0.4, -0.2) is 104 Å². The number of methoxy groups -OCH3 is 1. The topological polar surface area (TPSA) is 251 Å². The van der Waals surface area contributed by atoms with E-state index in [1.807, 2.05) is 38.1 Å². The van der Waals surface area contributed by atoms with Gasteiger partial charge in [-0.3, -0.25) is 28.8 Å². The molecular formula is C45H58N8O9S. The van der Waals surface area contributed by atoms with Gasteiger partial charge in [0.05, 0.1) is 18.6 Å². The molecule has 17 nitrogen and oxygen atoms in total. The van der Waals surface area contributed by atoms with E-state index in [0.717, 1.165) is 17.0 Å². The van der Waals surface area contributed by atoms with Gasteiger partial charge in [-0.25, -0.2) is 13.6 Å². The summed E-state index contributed by atoms with van der Waals surface area (Å²) in [4.78, 5) is 89.4. The van der Waals surface area contributed by atoms with E-state index in [1.165, 1.54) is 31.1 Å². The number of nitrogens with two attached hydrogens (primary N) is 1. The molecule has 0 aliphatic carbocycles. The fourth-order valence-electron chi connectivity index (χ4n) is 7.34. The van der Waals surface area contributed by atoms with Crippen LogP contribution in [0.3, 0.4) is 0 Å². The zero-order valence-electron chi connectivity index (χ0n) is 36.6. The number of nitrogens with zero attached hydrogens (tertiary/aromatic N) is 1. The summed E-state index contributed by atoms with van der Waals surface area (Å²) >= 11 is 0. The number of carbonyl (C=O) groups excluding carboxylic acids is 6. The number of hydrogen-bond donors (Lipinski definition) is 7. The molecule has 0 bridgehead atoms. The molecular weight excluding hydrogens is 829 g/mol. The second-order valence-corrected chi connectivity index (χ2v) is 18.3. The number of primary sulfonamides is 1. The zero-order chi connectivity index (χ0) is 46.2. The van der Waals surface area contributed by atoms with Gasteiger partial charge in [0, 0.05) is 48.1 Å². The Kier molecular flexibility index (Phi) is 15.7. The number of fused-ring (bicyclic) bond motifs is 1. The quantitative estimate of drug-likeness (QED) is 0.123. The molecule has 1 aromatic heterocycles. The smallest absolute Gasteiger partial charge is 0.254 e. The molecule has 1 fully saturated rings. The predicted molar refractivity (Wildman–Crippen MR) is 237 cm³/mol. The molecule has 18 heteroatoms. The van der Waals surface area contributed by atoms with E-state index in [4.69, 9.17) is 9.88 Å². The molecule has 2 heterocycles. The summed E-state index contributed by atoms with van der Waals surface area (Å²) in [6, 6.07) is 12.6. The third-order valence-electron chi connectivity index (χ3n) is 11.0. The van der Waals surface area contributed by atoms with Gasteiger partial charge in [0.25, 0.3) is 5.91 Å². The molecule has 3 aromatic carbocycles. The standard InChI is InChI=1S/C45H58N8O9S/c1-25(2)18-36-43(57)51-37(19-29-13-15-31(62-7)16-14-29)42(56)48-28(6)41(55)52-39(26(3)4)23-53(45(59)34-21-32(63(46,60)61)17-12-27(34)5)24-40(54)49-38(44(58)50-36)20-30-22-47-35-11-9-8-10-33(30)35/h8-17,21-22,25-26,28,36-39,47H,18-20,23-24H2,1-7H3,(H,48,56)(H,49,54)(H,50,58)(H,51,57)(H,52,55)(H2,46,60,61)/t28-,36+,37+,38-,39-/m1/s1. The number of benzene rings is 3. The van der Waals surface area contributed by atoms with Crippen LogP contribution in [-0.2, 0) is 46.8 Å². The Morgan fingerprint density at radius 2 is 1.44 bits per heavy atom. The molecule has 63 heavy (non-hydrogen) atoms. The number of ether oxygens (including phenoxy) is 1. The molecule has 0 unspecified atom stereocenters. The van der Waals surface area contributed by atoms with Crippen LogP contribution in [0.5, 0.6) is 5.75 Å². The van der Waals surface area contributed by atoms with Gasteiger partial charge in [0.2, 0.25) is 39.6 Å². The number of aromatic nitrogens is 1. The minimum atomic E-state index is -4.23. The summed E-state index contributed by atoms with van der Waals surface area (Å²) in [5.74, 6) is -3.96. The van der Waals surface area contributed by atoms with E-state index < -0.39 is 82.2 Å². The molecule has 1 saturated heterocycles. The molecule has 1 aliphatic rings.